The Labute approximate surface area is 152 Å². The summed E-state index contributed by atoms with van der Waals surface area (Å²) in [4.78, 5) is 12.2. The first kappa shape index (κ1) is 16.7. The van der Waals surface area contributed by atoms with Crippen LogP contribution in [0.4, 0.5) is 0 Å². The summed E-state index contributed by atoms with van der Waals surface area (Å²) < 4.78 is 16.3. The van der Waals surface area contributed by atoms with Gasteiger partial charge in [-0.3, -0.25) is 5.32 Å². The van der Waals surface area contributed by atoms with Gasteiger partial charge in [-0.25, -0.2) is 4.79 Å². The summed E-state index contributed by atoms with van der Waals surface area (Å²) >= 11 is 0. The Bertz CT molecular complexity index is 859. The van der Waals surface area contributed by atoms with Crippen molar-refractivity contribution in [3.05, 3.63) is 77.1 Å². The smallest absolute Gasteiger partial charge is 0.373 e. The van der Waals surface area contributed by atoms with Crippen LogP contribution in [-0.2, 0) is 26.5 Å². The quantitative estimate of drug-likeness (QED) is 0.861. The first-order chi connectivity index (χ1) is 12.6. The van der Waals surface area contributed by atoms with Crippen LogP contribution in [0.2, 0.25) is 0 Å². The van der Waals surface area contributed by atoms with Crippen LogP contribution in [0.3, 0.4) is 0 Å². The number of esters is 1. The molecule has 5 heteroatoms. The van der Waals surface area contributed by atoms with Gasteiger partial charge in [0.15, 0.2) is 5.72 Å². The van der Waals surface area contributed by atoms with Crippen LogP contribution in [0.25, 0.3) is 0 Å². The Hall–Kier alpha value is -2.79. The van der Waals surface area contributed by atoms with Crippen molar-refractivity contribution in [1.29, 1.82) is 0 Å². The van der Waals surface area contributed by atoms with Gasteiger partial charge in [-0.1, -0.05) is 36.4 Å². The molecular formula is C21H21NO4. The fourth-order valence-corrected chi connectivity index (χ4v) is 3.77. The van der Waals surface area contributed by atoms with Crippen LogP contribution in [0.1, 0.15) is 29.0 Å². The predicted molar refractivity (Wildman–Crippen MR) is 96.5 cm³/mol. The molecule has 2 aromatic carbocycles. The molecule has 4 rings (SSSR count). The number of hydrogen-bond donors (Lipinski definition) is 1. The summed E-state index contributed by atoms with van der Waals surface area (Å²) in [6.45, 7) is 0.708. The first-order valence-corrected chi connectivity index (χ1v) is 8.62. The van der Waals surface area contributed by atoms with E-state index in [1.54, 1.807) is 7.11 Å². The minimum absolute atomic E-state index is 0.0161. The third-order valence-electron chi connectivity index (χ3n) is 5.09. The Morgan fingerprint density at radius 2 is 1.92 bits per heavy atom. The van der Waals surface area contributed by atoms with Crippen molar-refractivity contribution < 1.29 is 19.0 Å². The van der Waals surface area contributed by atoms with E-state index in [0.29, 0.717) is 13.0 Å². The molecule has 0 aromatic heterocycles. The number of rotatable bonds is 3. The second-order valence-electron chi connectivity index (χ2n) is 6.55. The van der Waals surface area contributed by atoms with Gasteiger partial charge in [0.2, 0.25) is 5.76 Å². The molecule has 2 unspecified atom stereocenters. The van der Waals surface area contributed by atoms with Gasteiger partial charge in [-0.05, 0) is 29.3 Å². The molecule has 2 aromatic rings. The largest absolute Gasteiger partial charge is 0.497 e. The second kappa shape index (κ2) is 6.50. The van der Waals surface area contributed by atoms with Crippen molar-refractivity contribution in [3.63, 3.8) is 0 Å². The topological polar surface area (TPSA) is 56.8 Å². The summed E-state index contributed by atoms with van der Waals surface area (Å²) in [5.74, 6) is 0.594. The summed E-state index contributed by atoms with van der Waals surface area (Å²) in [5, 5.41) is 3.47. The van der Waals surface area contributed by atoms with Crippen molar-refractivity contribution in [1.82, 2.24) is 5.32 Å². The van der Waals surface area contributed by atoms with Gasteiger partial charge in [-0.2, -0.15) is 0 Å². The van der Waals surface area contributed by atoms with E-state index in [9.17, 15) is 4.79 Å². The number of methoxy groups -OCH3 is 2. The minimum Gasteiger partial charge on any atom is -0.497 e. The Kier molecular flexibility index (Phi) is 4.17. The molecule has 26 heavy (non-hydrogen) atoms. The van der Waals surface area contributed by atoms with Crippen LogP contribution in [0.15, 0.2) is 60.4 Å². The summed E-state index contributed by atoms with van der Waals surface area (Å²) in [7, 11) is 3.01. The number of fused-ring (bicyclic) bond motifs is 2. The molecule has 134 valence electrons. The number of benzene rings is 2. The van der Waals surface area contributed by atoms with Gasteiger partial charge >= 0.3 is 5.97 Å². The maximum atomic E-state index is 12.2. The van der Waals surface area contributed by atoms with E-state index >= 15 is 0 Å². The number of carbonyl (C=O) groups excluding carboxylic acids is 1. The number of carbonyl (C=O) groups is 1. The van der Waals surface area contributed by atoms with E-state index in [-0.39, 0.29) is 11.7 Å². The highest BCUT2D eigenvalue weighted by molar-refractivity contribution is 5.86. The lowest BCUT2D eigenvalue weighted by molar-refractivity contribution is -0.147. The van der Waals surface area contributed by atoms with Gasteiger partial charge in [0.1, 0.15) is 5.75 Å². The van der Waals surface area contributed by atoms with Gasteiger partial charge in [0.05, 0.1) is 14.2 Å². The molecule has 0 saturated heterocycles. The summed E-state index contributed by atoms with van der Waals surface area (Å²) in [6.07, 6.45) is 2.54. The molecule has 2 aliphatic heterocycles. The number of ether oxygens (including phenoxy) is 3. The van der Waals surface area contributed by atoms with Gasteiger partial charge in [-0.15, -0.1) is 0 Å². The van der Waals surface area contributed by atoms with E-state index in [2.05, 4.69) is 17.4 Å². The van der Waals surface area contributed by atoms with Crippen molar-refractivity contribution in [2.24, 2.45) is 0 Å². The Morgan fingerprint density at radius 3 is 2.65 bits per heavy atom. The summed E-state index contributed by atoms with van der Waals surface area (Å²) in [6, 6.07) is 16.1. The van der Waals surface area contributed by atoms with Crippen LogP contribution >= 0.6 is 0 Å². The molecular weight excluding hydrogens is 330 g/mol. The van der Waals surface area contributed by atoms with Crippen molar-refractivity contribution >= 4 is 5.97 Å². The van der Waals surface area contributed by atoms with Crippen LogP contribution < -0.4 is 10.1 Å². The lowest BCUT2D eigenvalue weighted by atomic mass is 9.84. The highest BCUT2D eigenvalue weighted by atomic mass is 16.6. The molecule has 0 bridgehead atoms. The molecule has 0 saturated carbocycles. The molecule has 0 amide bonds. The Morgan fingerprint density at radius 1 is 1.15 bits per heavy atom. The third kappa shape index (κ3) is 2.74. The highest BCUT2D eigenvalue weighted by Gasteiger charge is 2.46. The minimum atomic E-state index is -0.723. The van der Waals surface area contributed by atoms with Gasteiger partial charge < -0.3 is 14.2 Å². The first-order valence-electron chi connectivity index (χ1n) is 8.62. The highest BCUT2D eigenvalue weighted by Crippen LogP contribution is 2.45. The van der Waals surface area contributed by atoms with Crippen molar-refractivity contribution in [3.8, 4) is 5.75 Å². The fourth-order valence-electron chi connectivity index (χ4n) is 3.77. The van der Waals surface area contributed by atoms with Gasteiger partial charge in [0, 0.05) is 24.4 Å². The normalized spacial score (nSPS) is 23.8. The molecule has 0 radical (unpaired) electrons. The molecule has 2 aliphatic rings. The fraction of sp³-hybridized carbons (Fsp3) is 0.286. The third-order valence-corrected chi connectivity index (χ3v) is 5.09. The average molecular weight is 351 g/mol. The average Bonchev–Trinajstić information content (AvgIpc) is 3.05. The summed E-state index contributed by atoms with van der Waals surface area (Å²) in [5.41, 5.74) is 2.64. The zero-order valence-corrected chi connectivity index (χ0v) is 14.8. The van der Waals surface area contributed by atoms with E-state index in [1.807, 2.05) is 42.5 Å². The SMILES string of the molecule is COC(=O)C1=CC(c2ccc(OC)cc2)CC2(NCc3ccccc32)O1. The number of allylic oxidation sites excluding steroid dienone is 1. The van der Waals surface area contributed by atoms with E-state index in [1.165, 1.54) is 12.7 Å². The molecule has 2 heterocycles. The number of hydrogen-bond acceptors (Lipinski definition) is 5. The monoisotopic (exact) mass is 351 g/mol. The van der Waals surface area contributed by atoms with Gasteiger partial charge in [0.25, 0.3) is 0 Å². The molecule has 5 nitrogen and oxygen atoms in total. The molecule has 1 N–H and O–H groups in total. The maximum Gasteiger partial charge on any atom is 0.373 e. The van der Waals surface area contributed by atoms with Crippen LogP contribution in [0.5, 0.6) is 5.75 Å². The van der Waals surface area contributed by atoms with Crippen molar-refractivity contribution in [2.45, 2.75) is 24.6 Å². The molecule has 0 aliphatic carbocycles. The van der Waals surface area contributed by atoms with E-state index in [4.69, 9.17) is 14.2 Å². The Balaban J connectivity index is 1.75. The predicted octanol–water partition coefficient (Wildman–Crippen LogP) is 3.21. The van der Waals surface area contributed by atoms with Crippen molar-refractivity contribution in [2.75, 3.05) is 14.2 Å². The standard InChI is InChI=1S/C21H21NO4/c1-24-17-9-7-14(8-10-17)16-11-19(20(23)25-2)26-21(12-16)18-6-4-3-5-15(18)13-22-21/h3-11,16,22H,12-13H2,1-2H3. The lowest BCUT2D eigenvalue weighted by Crippen LogP contribution is -2.44. The van der Waals surface area contributed by atoms with E-state index in [0.717, 1.165) is 16.9 Å². The van der Waals surface area contributed by atoms with Crippen LogP contribution in [-0.4, -0.2) is 20.2 Å². The molecule has 0 fully saturated rings. The molecule has 2 atom stereocenters. The van der Waals surface area contributed by atoms with Crippen LogP contribution in [0, 0.1) is 0 Å². The zero-order valence-electron chi connectivity index (χ0n) is 14.8. The zero-order chi connectivity index (χ0) is 18.1. The maximum absolute atomic E-state index is 12.2. The second-order valence-corrected chi connectivity index (χ2v) is 6.55. The van der Waals surface area contributed by atoms with E-state index < -0.39 is 11.7 Å². The molecule has 1 spiro atoms. The number of nitrogens with one attached hydrogen (secondary N) is 1. The lowest BCUT2D eigenvalue weighted by Gasteiger charge is -2.38.